The van der Waals surface area contributed by atoms with E-state index in [1.807, 2.05) is 0 Å². The number of carbonyl (C=O) groups is 4. The van der Waals surface area contributed by atoms with Crippen molar-refractivity contribution in [2.45, 2.75) is 386 Å². The Morgan fingerprint density at radius 2 is 0.448 bits per heavy atom. The number of aliphatic hydroxyl groups excluding tert-OH is 25. The van der Waals surface area contributed by atoms with Crippen LogP contribution in [0.3, 0.4) is 0 Å². The minimum Gasteiger partial charge on any atom is -0.394 e. The molecule has 11 aliphatic heterocycles. The lowest BCUT2D eigenvalue weighted by Crippen LogP contribution is -2.72. The van der Waals surface area contributed by atoms with E-state index >= 15 is 0 Å². The second-order valence-corrected chi connectivity index (χ2v) is 38.4. The molecular weight excluding hydrogens is 2030 g/mol. The fraction of sp³-hybridized carbons (Fsp3) is 0.946. The van der Waals surface area contributed by atoms with Crippen LogP contribution in [0.15, 0.2) is 0 Å². The van der Waals surface area contributed by atoms with Crippen molar-refractivity contribution in [3.05, 3.63) is 0 Å². The molecule has 55 atom stereocenters. The van der Waals surface area contributed by atoms with Crippen LogP contribution in [0, 0.1) is 0 Å². The van der Waals surface area contributed by atoms with Crippen LogP contribution in [-0.4, -0.2) is 581 Å². The molecule has 4 amide bonds. The van der Waals surface area contributed by atoms with E-state index in [1.54, 1.807) is 0 Å². The van der Waals surface area contributed by atoms with Gasteiger partial charge >= 0.3 is 31.2 Å². The monoisotopic (exact) mass is 2160 g/mol. The molecule has 0 spiro atoms. The summed E-state index contributed by atoms with van der Waals surface area (Å²) >= 11 is 0. The third-order valence-corrected chi connectivity index (χ3v) is 26.5. The molecule has 69 heteroatoms. The first-order valence-electron chi connectivity index (χ1n) is 44.2. The van der Waals surface area contributed by atoms with Gasteiger partial charge in [0.05, 0.1) is 71.2 Å². The lowest BCUT2D eigenvalue weighted by molar-refractivity contribution is -0.392. The number of nitrogens with one attached hydrogen (secondary N) is 4. The summed E-state index contributed by atoms with van der Waals surface area (Å²) in [7, 11) is -16.9. The molecule has 11 rings (SSSR count). The number of aliphatic hydroxyl groups is 25. The van der Waals surface area contributed by atoms with Crippen molar-refractivity contribution >= 4 is 54.8 Å². The van der Waals surface area contributed by atoms with Crippen LogP contribution in [0.1, 0.15) is 48.5 Å². The third kappa shape index (κ3) is 28.0. The van der Waals surface area contributed by atoms with Crippen LogP contribution >= 0.6 is 0 Å². The molecule has 0 aromatic carbocycles. The van der Waals surface area contributed by atoms with Gasteiger partial charge in [-0.15, -0.1) is 0 Å². The van der Waals surface area contributed by atoms with Crippen LogP contribution < -0.4 is 21.3 Å². The number of amides is 4. The largest absolute Gasteiger partial charge is 0.397 e. The summed E-state index contributed by atoms with van der Waals surface area (Å²) in [6.45, 7) is -3.67. The van der Waals surface area contributed by atoms with E-state index in [2.05, 4.69) is 33.8 Å². The lowest BCUT2D eigenvalue weighted by atomic mass is 9.93. The highest BCUT2D eigenvalue weighted by Gasteiger charge is 2.64. The molecular formula is C74H124N4O62S3. The van der Waals surface area contributed by atoms with Crippen molar-refractivity contribution in [1.82, 2.24) is 21.3 Å². The zero-order chi connectivity index (χ0) is 106. The number of hydrogen-bond donors (Lipinski definition) is 32. The molecule has 11 aliphatic rings. The van der Waals surface area contributed by atoms with Gasteiger partial charge in [-0.05, 0) is 20.8 Å². The van der Waals surface area contributed by atoms with Crippen LogP contribution in [0.5, 0.6) is 0 Å². The van der Waals surface area contributed by atoms with Gasteiger partial charge in [-0.25, -0.2) is 12.5 Å². The smallest absolute Gasteiger partial charge is 0.394 e. The molecule has 1 unspecified atom stereocenters. The lowest BCUT2D eigenvalue weighted by Gasteiger charge is -2.52. The van der Waals surface area contributed by atoms with E-state index in [-0.39, 0.29) is 0 Å². The normalized spacial score (nSPS) is 47.8. The van der Waals surface area contributed by atoms with Gasteiger partial charge in [-0.1, -0.05) is 0 Å². The number of carbonyl (C=O) groups excluding carboxylic acids is 4. The second kappa shape index (κ2) is 50.0. The predicted octanol–water partition coefficient (Wildman–Crippen LogP) is -21.8. The van der Waals surface area contributed by atoms with Crippen molar-refractivity contribution < 1.29 is 298 Å². The Bertz CT molecular complexity index is 4450. The maximum absolute atomic E-state index is 13.9. The van der Waals surface area contributed by atoms with Crippen molar-refractivity contribution in [1.29, 1.82) is 0 Å². The van der Waals surface area contributed by atoms with Crippen molar-refractivity contribution in [2.24, 2.45) is 0 Å². The van der Waals surface area contributed by atoms with E-state index < -0.39 is 445 Å². The summed E-state index contributed by atoms with van der Waals surface area (Å²) in [6.07, 6.45) is -116. The third-order valence-electron chi connectivity index (χ3n) is 25.1. The second-order valence-electron chi connectivity index (χ2n) is 35.3. The standard InChI is InChI=1S/C74H124N4O62S3/c1-16-35(89)43(97)46(100)68(119-16)134-57-32(76-20(5)86)65(126-26(11-82)53(57)130-72-50(104)61(138-141(108,109)110)38(92)23(8-79)123-72)117-14-29-41(95)56(31(64(107)122-29)75-19(4)85)133-71-49(103)60(137-67-34(78-22(7)88)59(136-70-48(102)45(99)37(91)18(3)121-70)55(28(13-84)128-67)132-74-52(106)63(140-143(114,115)116)40(94)25(10-81)125-74)42(96)30(129-71)15-118-66-33(77-21(6)87)58(135-69-47(101)44(98)36(90)17(2)120-69)54(27(12-83)127-66)131-73-51(105)62(139-142(111,112)113)39(93)24(9-80)124-73/h16-18,23-74,79-84,89-107H,8-15H2,1-7H3,(H,75,85)(H,76,86)(H,77,87)(H,78,88)(H,108,109,110)(H,111,112,113)(H,114,115,116)/t16-,17-,18-,23+,24+,25+,26+,27+,28+,29+,30+,31+,32+,33+,34+,35+,36+,37+,38-,39-,40-,41-,42-,43+,44+,45+,46-,47-,48-,49+,50+,51+,52+,53+,54+,55+,56+,57+,58+,59+,60-,61-,62-,63-,64?,65+,66+,67-,68-,69-,70-,71-,72-,73-,74-/m0/s1. The minimum absolute atomic E-state index is 0.803. The first kappa shape index (κ1) is 119. The van der Waals surface area contributed by atoms with Gasteiger partial charge in [0.15, 0.2) is 69.2 Å². The summed E-state index contributed by atoms with van der Waals surface area (Å²) in [5.41, 5.74) is 0. The molecule has 830 valence electrons. The molecule has 11 heterocycles. The summed E-state index contributed by atoms with van der Waals surface area (Å²) < 4.78 is 243. The quantitative estimate of drug-likeness (QED) is 0.0255. The molecule has 11 saturated heterocycles. The molecule has 0 radical (unpaired) electrons. The van der Waals surface area contributed by atoms with Crippen LogP contribution in [0.2, 0.25) is 0 Å². The van der Waals surface area contributed by atoms with Gasteiger partial charge in [0.1, 0.15) is 250 Å². The maximum atomic E-state index is 13.9. The van der Waals surface area contributed by atoms with Gasteiger partial charge in [0.25, 0.3) is 0 Å². The van der Waals surface area contributed by atoms with Crippen LogP contribution in [0.4, 0.5) is 0 Å². The first-order chi connectivity index (χ1) is 66.9. The summed E-state index contributed by atoms with van der Waals surface area (Å²) in [5.74, 6) is -4.46. The summed E-state index contributed by atoms with van der Waals surface area (Å²) in [5, 5.41) is 293. The van der Waals surface area contributed by atoms with Gasteiger partial charge in [-0.2, -0.15) is 25.3 Å². The molecule has 32 N–H and O–H groups in total. The molecule has 66 nitrogen and oxygen atoms in total. The Kier molecular flexibility index (Phi) is 41.6. The molecule has 11 fully saturated rings. The Morgan fingerprint density at radius 1 is 0.231 bits per heavy atom. The fourth-order valence-electron chi connectivity index (χ4n) is 17.9. The number of hydrogen-bond acceptors (Lipinski definition) is 59. The number of rotatable bonds is 38. The highest BCUT2D eigenvalue weighted by Crippen LogP contribution is 2.43. The average molecular weight is 2160 g/mol. The highest BCUT2D eigenvalue weighted by atomic mass is 32.3. The zero-order valence-electron chi connectivity index (χ0n) is 76.0. The van der Waals surface area contributed by atoms with Gasteiger partial charge in [0, 0.05) is 27.7 Å². The van der Waals surface area contributed by atoms with Gasteiger partial charge < -0.3 is 248 Å². The minimum atomic E-state index is -5.68. The molecule has 0 aliphatic carbocycles. The fourth-order valence-corrected chi connectivity index (χ4v) is 19.4. The average Bonchev–Trinajstić information content (AvgIpc) is 0.772. The van der Waals surface area contributed by atoms with E-state index in [1.165, 1.54) is 6.92 Å². The number of ether oxygens (including phenoxy) is 21. The van der Waals surface area contributed by atoms with Crippen LogP contribution in [-0.2, 0) is 162 Å². The Balaban J connectivity index is 0.996. The Labute approximate surface area is 809 Å². The van der Waals surface area contributed by atoms with E-state index in [4.69, 9.17) is 99.5 Å². The molecule has 0 saturated carbocycles. The Hall–Kier alpha value is -4.35. The van der Waals surface area contributed by atoms with Crippen molar-refractivity contribution in [2.75, 3.05) is 52.9 Å². The predicted molar refractivity (Wildman–Crippen MR) is 436 cm³/mol. The van der Waals surface area contributed by atoms with Gasteiger partial charge in [0.2, 0.25) is 23.6 Å². The van der Waals surface area contributed by atoms with E-state index in [0.29, 0.717) is 0 Å². The highest BCUT2D eigenvalue weighted by molar-refractivity contribution is 7.81. The van der Waals surface area contributed by atoms with Crippen molar-refractivity contribution in [3.8, 4) is 0 Å². The molecule has 0 aromatic heterocycles. The molecule has 143 heavy (non-hydrogen) atoms. The van der Waals surface area contributed by atoms with Crippen molar-refractivity contribution in [3.63, 3.8) is 0 Å². The van der Waals surface area contributed by atoms with E-state index in [0.717, 1.165) is 41.5 Å². The topological polar surface area (TPSA) is 1010 Å². The maximum Gasteiger partial charge on any atom is 0.397 e. The SMILES string of the molecule is CC(=O)N[C@H]1[C@H](OC[C@H]2O[C@@H](O[C@H]3[C@@H](O)[C@@H](CO[C@@H]4O[C@H](CO)[C@@H](O[C@@H]5O[C@H](CO)[C@H](O)[C@H](OS(=O)(=O)O)[C@H]5O)[C@H](O[C@@H]5O[C@@H](C)[C@@H](O)[C@@H](O)[C@@H]5O)[C@H]4NC(C)=O)OC(O)[C@@H]3NC(C)=O)[C@H](O)[C@@H](O[C@@H]3O[C@H](CO)[C@@H](O[C@@H]4O[C@H](CO)[C@H](O)[C@H](OS(=O)(=O)O)[C@H]4O)[C@H](O[C@@H]4O[C@@H](C)[C@@H](O)[C@@H](O)[C@@H]4O)[C@H]3NC(C)=O)[C@H]2O)O[C@H](CO)[C@@H](O[C@@H]2O[C@H](CO)[C@H](O)[C@H](OS(=O)(=O)O)[C@H]2O)[C@@H]1O[C@@H]1O[C@@H](C)[C@@H](O)[C@@H](O)[C@@H]1O. The van der Waals surface area contributed by atoms with Gasteiger partial charge in [-0.3, -0.25) is 32.8 Å². The summed E-state index contributed by atoms with van der Waals surface area (Å²) in [6, 6.07) is -8.71. The van der Waals surface area contributed by atoms with E-state index in [9.17, 15) is 186 Å². The molecule has 0 aromatic rings. The summed E-state index contributed by atoms with van der Waals surface area (Å²) in [4.78, 5) is 54.5. The van der Waals surface area contributed by atoms with Crippen LogP contribution in [0.25, 0.3) is 0 Å². The first-order valence-corrected chi connectivity index (χ1v) is 48.3. The zero-order valence-corrected chi connectivity index (χ0v) is 78.5. The molecule has 0 bridgehead atoms. The Morgan fingerprint density at radius 3 is 0.734 bits per heavy atom.